The molecule has 1 aromatic heterocycles. The third-order valence-electron chi connectivity index (χ3n) is 3.28. The average molecular weight is 436 g/mol. The Kier molecular flexibility index (Phi) is 6.29. The van der Waals surface area contributed by atoms with Crippen molar-refractivity contribution in [2.75, 3.05) is 6.54 Å². The molecule has 0 bridgehead atoms. The number of hydrogen-bond acceptors (Lipinski definition) is 2. The highest BCUT2D eigenvalue weighted by molar-refractivity contribution is 9.10. The second-order valence-corrected chi connectivity index (χ2v) is 6.87. The van der Waals surface area contributed by atoms with Gasteiger partial charge < -0.3 is 5.32 Å². The van der Waals surface area contributed by atoms with Gasteiger partial charge in [0.1, 0.15) is 0 Å². The van der Waals surface area contributed by atoms with E-state index in [2.05, 4.69) is 62.2 Å². The zero-order chi connectivity index (χ0) is 15.4. The quantitative estimate of drug-likeness (QED) is 0.678. The van der Waals surface area contributed by atoms with Gasteiger partial charge in [0.25, 0.3) is 0 Å². The Labute approximate surface area is 147 Å². The van der Waals surface area contributed by atoms with Crippen LogP contribution in [0.4, 0.5) is 0 Å². The van der Waals surface area contributed by atoms with Gasteiger partial charge in [0.2, 0.25) is 0 Å². The molecule has 1 heterocycles. The summed E-state index contributed by atoms with van der Waals surface area (Å²) in [7, 11) is 0. The minimum Gasteiger partial charge on any atom is -0.305 e. The third-order valence-corrected chi connectivity index (χ3v) is 5.13. The van der Waals surface area contributed by atoms with E-state index in [-0.39, 0.29) is 6.04 Å². The Morgan fingerprint density at radius 3 is 2.67 bits per heavy atom. The summed E-state index contributed by atoms with van der Waals surface area (Å²) in [6, 6.07) is 6.13. The highest BCUT2D eigenvalue weighted by Crippen LogP contribution is 2.32. The van der Waals surface area contributed by atoms with Gasteiger partial charge in [-0.3, -0.25) is 4.68 Å². The first-order valence-corrected chi connectivity index (χ1v) is 8.94. The fourth-order valence-electron chi connectivity index (χ4n) is 2.26. The summed E-state index contributed by atoms with van der Waals surface area (Å²) in [4.78, 5) is 0. The lowest BCUT2D eigenvalue weighted by atomic mass is 10.0. The lowest BCUT2D eigenvalue weighted by Crippen LogP contribution is -2.26. The first-order chi connectivity index (χ1) is 10.1. The fourth-order valence-corrected chi connectivity index (χ4v) is 3.22. The molecule has 0 radical (unpaired) electrons. The van der Waals surface area contributed by atoms with Gasteiger partial charge in [-0.05, 0) is 69.4 Å². The van der Waals surface area contributed by atoms with Crippen molar-refractivity contribution in [3.05, 3.63) is 49.6 Å². The van der Waals surface area contributed by atoms with E-state index < -0.39 is 0 Å². The van der Waals surface area contributed by atoms with E-state index in [0.29, 0.717) is 0 Å². The molecule has 0 aliphatic rings. The van der Waals surface area contributed by atoms with Crippen LogP contribution in [0.5, 0.6) is 0 Å². The van der Waals surface area contributed by atoms with E-state index in [1.54, 1.807) is 0 Å². The van der Waals surface area contributed by atoms with Crippen molar-refractivity contribution < 1.29 is 0 Å². The van der Waals surface area contributed by atoms with Gasteiger partial charge in [0.15, 0.2) is 0 Å². The molecule has 2 rings (SSSR count). The number of benzene rings is 1. The highest BCUT2D eigenvalue weighted by atomic mass is 79.9. The van der Waals surface area contributed by atoms with E-state index in [1.165, 1.54) is 0 Å². The number of rotatable bonds is 6. The molecule has 0 spiro atoms. The second-order valence-electron chi connectivity index (χ2n) is 4.75. The maximum absolute atomic E-state index is 6.26. The molecule has 0 aliphatic carbocycles. The topological polar surface area (TPSA) is 29.9 Å². The zero-order valence-corrected chi connectivity index (χ0v) is 16.0. The molecule has 0 aliphatic heterocycles. The number of halogens is 3. The summed E-state index contributed by atoms with van der Waals surface area (Å²) >= 11 is 13.3. The van der Waals surface area contributed by atoms with Crippen LogP contribution in [-0.4, -0.2) is 16.3 Å². The van der Waals surface area contributed by atoms with Crippen LogP contribution in [0, 0.1) is 0 Å². The van der Waals surface area contributed by atoms with Crippen LogP contribution in [0.1, 0.15) is 37.6 Å². The number of aromatic nitrogens is 2. The molecular formula is C15H18Br2ClN3. The minimum absolute atomic E-state index is 0.0624. The lowest BCUT2D eigenvalue weighted by Gasteiger charge is -2.21. The molecule has 1 N–H and O–H groups in total. The molecule has 1 unspecified atom stereocenters. The summed E-state index contributed by atoms with van der Waals surface area (Å²) in [5.41, 5.74) is 2.26. The molecule has 21 heavy (non-hydrogen) atoms. The van der Waals surface area contributed by atoms with E-state index >= 15 is 0 Å². The normalized spacial score (nSPS) is 12.6. The average Bonchev–Trinajstić information content (AvgIpc) is 2.84. The van der Waals surface area contributed by atoms with Crippen molar-refractivity contribution in [3.8, 4) is 0 Å². The Morgan fingerprint density at radius 2 is 2.05 bits per heavy atom. The maximum Gasteiger partial charge on any atom is 0.0760 e. The van der Waals surface area contributed by atoms with Gasteiger partial charge in [-0.15, -0.1) is 0 Å². The van der Waals surface area contributed by atoms with Gasteiger partial charge in [0.05, 0.1) is 27.4 Å². The summed E-state index contributed by atoms with van der Waals surface area (Å²) in [5, 5.41) is 8.72. The van der Waals surface area contributed by atoms with Crippen LogP contribution in [0.15, 0.2) is 33.3 Å². The van der Waals surface area contributed by atoms with E-state index in [1.807, 2.05) is 23.0 Å². The molecule has 1 aromatic carbocycles. The first kappa shape index (κ1) is 17.0. The number of nitrogens with one attached hydrogen (secondary N) is 1. The van der Waals surface area contributed by atoms with Gasteiger partial charge >= 0.3 is 0 Å². The predicted octanol–water partition coefficient (Wildman–Crippen LogP) is 5.17. The summed E-state index contributed by atoms with van der Waals surface area (Å²) < 4.78 is 3.93. The molecule has 114 valence electrons. The largest absolute Gasteiger partial charge is 0.305 e. The van der Waals surface area contributed by atoms with Crippen molar-refractivity contribution in [1.82, 2.24) is 15.1 Å². The molecule has 0 saturated carbocycles. The van der Waals surface area contributed by atoms with E-state index in [9.17, 15) is 0 Å². The van der Waals surface area contributed by atoms with Crippen molar-refractivity contribution in [2.24, 2.45) is 0 Å². The van der Waals surface area contributed by atoms with Crippen LogP contribution in [-0.2, 0) is 6.54 Å². The van der Waals surface area contributed by atoms with Crippen molar-refractivity contribution >= 4 is 43.5 Å². The number of aryl methyl sites for hydroxylation is 1. The van der Waals surface area contributed by atoms with Gasteiger partial charge in [-0.1, -0.05) is 24.6 Å². The monoisotopic (exact) mass is 433 g/mol. The molecule has 2 aromatic rings. The smallest absolute Gasteiger partial charge is 0.0760 e. The van der Waals surface area contributed by atoms with Crippen LogP contribution >= 0.6 is 43.5 Å². The molecule has 6 heteroatoms. The third kappa shape index (κ3) is 3.89. The Balaban J connectivity index is 2.46. The van der Waals surface area contributed by atoms with Crippen LogP contribution in [0.25, 0.3) is 0 Å². The maximum atomic E-state index is 6.26. The summed E-state index contributed by atoms with van der Waals surface area (Å²) in [5.74, 6) is 0. The molecule has 0 saturated heterocycles. The van der Waals surface area contributed by atoms with Crippen molar-refractivity contribution in [3.63, 3.8) is 0 Å². The standard InChI is InChI=1S/C15H18Br2ClN3/c1-3-7-19-14(10-5-6-11(16)13(18)8-10)15-12(17)9-20-21(15)4-2/h5-6,8-9,14,19H,3-4,7H2,1-2H3. The number of hydrogen-bond donors (Lipinski definition) is 1. The number of nitrogens with zero attached hydrogens (tertiary/aromatic N) is 2. The van der Waals surface area contributed by atoms with E-state index in [0.717, 1.165) is 44.7 Å². The van der Waals surface area contributed by atoms with Gasteiger partial charge in [-0.2, -0.15) is 5.10 Å². The Hall–Kier alpha value is -0.360. The summed E-state index contributed by atoms with van der Waals surface area (Å²) in [6.45, 7) is 6.01. The van der Waals surface area contributed by atoms with Crippen molar-refractivity contribution in [2.45, 2.75) is 32.9 Å². The predicted molar refractivity (Wildman–Crippen MR) is 94.9 cm³/mol. The summed E-state index contributed by atoms with van der Waals surface area (Å²) in [6.07, 6.45) is 2.92. The van der Waals surface area contributed by atoms with Crippen LogP contribution < -0.4 is 5.32 Å². The molecule has 3 nitrogen and oxygen atoms in total. The lowest BCUT2D eigenvalue weighted by molar-refractivity contribution is 0.528. The highest BCUT2D eigenvalue weighted by Gasteiger charge is 2.21. The van der Waals surface area contributed by atoms with Crippen molar-refractivity contribution in [1.29, 1.82) is 0 Å². The molecule has 0 fully saturated rings. The second kappa shape index (κ2) is 7.77. The zero-order valence-electron chi connectivity index (χ0n) is 12.0. The first-order valence-electron chi connectivity index (χ1n) is 6.98. The van der Waals surface area contributed by atoms with Crippen LogP contribution in [0.3, 0.4) is 0 Å². The van der Waals surface area contributed by atoms with E-state index in [4.69, 9.17) is 11.6 Å². The fraction of sp³-hybridized carbons (Fsp3) is 0.400. The SMILES string of the molecule is CCCNC(c1ccc(Br)c(Cl)c1)c1c(Br)cnn1CC. The Bertz CT molecular complexity index is 613. The molecule has 1 atom stereocenters. The van der Waals surface area contributed by atoms with Crippen LogP contribution in [0.2, 0.25) is 5.02 Å². The molecule has 0 amide bonds. The van der Waals surface area contributed by atoms with Gasteiger partial charge in [0, 0.05) is 11.0 Å². The minimum atomic E-state index is 0.0624. The Morgan fingerprint density at radius 1 is 1.29 bits per heavy atom. The van der Waals surface area contributed by atoms with Gasteiger partial charge in [-0.25, -0.2) is 0 Å². The molecular weight excluding hydrogens is 417 g/mol.